The van der Waals surface area contributed by atoms with Gasteiger partial charge >= 0.3 is 0 Å². The van der Waals surface area contributed by atoms with Crippen LogP contribution in [0.4, 0.5) is 11.4 Å². The van der Waals surface area contributed by atoms with Crippen LogP contribution in [-0.4, -0.2) is 24.1 Å². The van der Waals surface area contributed by atoms with E-state index in [0.29, 0.717) is 17.9 Å². The number of pyridine rings is 1. The van der Waals surface area contributed by atoms with Crippen LogP contribution in [0.15, 0.2) is 70.4 Å². The van der Waals surface area contributed by atoms with Gasteiger partial charge in [-0.2, -0.15) is 0 Å². The lowest BCUT2D eigenvalue weighted by Crippen LogP contribution is -2.28. The summed E-state index contributed by atoms with van der Waals surface area (Å²) in [6, 6.07) is 13.8. The molecule has 7 nitrogen and oxygen atoms in total. The van der Waals surface area contributed by atoms with Crippen LogP contribution in [0.1, 0.15) is 36.9 Å². The van der Waals surface area contributed by atoms with E-state index < -0.39 is 14.6 Å². The molecule has 8 heteroatoms. The highest BCUT2D eigenvalue weighted by Gasteiger charge is 2.31. The van der Waals surface area contributed by atoms with E-state index >= 15 is 0 Å². The second-order valence-electron chi connectivity index (χ2n) is 7.48. The minimum Gasteiger partial charge on any atom is -0.459 e. The van der Waals surface area contributed by atoms with Crippen molar-refractivity contribution in [2.75, 3.05) is 10.6 Å². The van der Waals surface area contributed by atoms with Crippen molar-refractivity contribution in [3.63, 3.8) is 0 Å². The number of hydrogen-bond acceptors (Lipinski definition) is 6. The Kier molecular flexibility index (Phi) is 5.74. The van der Waals surface area contributed by atoms with Gasteiger partial charge in [-0.05, 0) is 62.7 Å². The number of hydrogen-bond donors (Lipinski definition) is 2. The van der Waals surface area contributed by atoms with Gasteiger partial charge in [0.25, 0.3) is 5.91 Å². The Morgan fingerprint density at radius 3 is 2.28 bits per heavy atom. The third kappa shape index (κ3) is 4.83. The SMILES string of the molecule is CC(C)(C)S(=O)(=O)c1ccc(NCc2ccc(NC(=O)c3ccco3)cc2)cn1. The molecule has 1 amide bonds. The van der Waals surface area contributed by atoms with Crippen molar-refractivity contribution in [1.82, 2.24) is 4.98 Å². The maximum atomic E-state index is 12.4. The fourth-order valence-corrected chi connectivity index (χ4v) is 3.53. The van der Waals surface area contributed by atoms with Gasteiger partial charge < -0.3 is 15.1 Å². The van der Waals surface area contributed by atoms with E-state index in [-0.39, 0.29) is 16.7 Å². The Labute approximate surface area is 170 Å². The number of carbonyl (C=O) groups is 1. The summed E-state index contributed by atoms with van der Waals surface area (Å²) in [5, 5.41) is 6.02. The van der Waals surface area contributed by atoms with Crippen molar-refractivity contribution in [3.05, 3.63) is 72.3 Å². The van der Waals surface area contributed by atoms with Crippen molar-refractivity contribution >= 4 is 27.1 Å². The van der Waals surface area contributed by atoms with Crippen molar-refractivity contribution in [3.8, 4) is 0 Å². The molecule has 3 rings (SSSR count). The Bertz CT molecular complexity index is 1070. The van der Waals surface area contributed by atoms with Crippen LogP contribution < -0.4 is 10.6 Å². The van der Waals surface area contributed by atoms with Crippen molar-refractivity contribution in [1.29, 1.82) is 0 Å². The standard InChI is InChI=1S/C21H23N3O4S/c1-21(2,3)29(26,27)19-11-10-17(14-23-19)22-13-15-6-8-16(9-7-15)24-20(25)18-5-4-12-28-18/h4-12,14,22H,13H2,1-3H3,(H,24,25). The van der Waals surface area contributed by atoms with Crippen LogP contribution in [0.2, 0.25) is 0 Å². The Balaban J connectivity index is 1.58. The predicted octanol–water partition coefficient (Wildman–Crippen LogP) is 4.11. The van der Waals surface area contributed by atoms with Crippen LogP contribution >= 0.6 is 0 Å². The van der Waals surface area contributed by atoms with Gasteiger partial charge in [-0.15, -0.1) is 0 Å². The minimum atomic E-state index is -3.47. The molecule has 0 bridgehead atoms. The fourth-order valence-electron chi connectivity index (χ4n) is 2.47. The van der Waals surface area contributed by atoms with E-state index in [0.717, 1.165) is 5.56 Å². The fraction of sp³-hybridized carbons (Fsp3) is 0.238. The molecule has 29 heavy (non-hydrogen) atoms. The number of rotatable bonds is 6. The highest BCUT2D eigenvalue weighted by molar-refractivity contribution is 7.92. The lowest BCUT2D eigenvalue weighted by Gasteiger charge is -2.18. The molecule has 0 saturated heterocycles. The van der Waals surface area contributed by atoms with E-state index in [1.807, 2.05) is 12.1 Å². The molecule has 0 aliphatic carbocycles. The number of amides is 1. The summed E-state index contributed by atoms with van der Waals surface area (Å²) in [6.45, 7) is 5.48. The van der Waals surface area contributed by atoms with E-state index in [2.05, 4.69) is 15.6 Å². The maximum absolute atomic E-state index is 12.4. The van der Waals surface area contributed by atoms with Crippen molar-refractivity contribution < 1.29 is 17.6 Å². The molecule has 3 aromatic rings. The van der Waals surface area contributed by atoms with Crippen molar-refractivity contribution in [2.24, 2.45) is 0 Å². The lowest BCUT2D eigenvalue weighted by molar-refractivity contribution is 0.0996. The minimum absolute atomic E-state index is 0.0622. The van der Waals surface area contributed by atoms with Crippen LogP contribution in [0.25, 0.3) is 0 Å². The maximum Gasteiger partial charge on any atom is 0.291 e. The number of nitrogens with one attached hydrogen (secondary N) is 2. The summed E-state index contributed by atoms with van der Waals surface area (Å²) in [4.78, 5) is 16.1. The van der Waals surface area contributed by atoms with Gasteiger partial charge in [0.05, 0.1) is 22.9 Å². The summed E-state index contributed by atoms with van der Waals surface area (Å²) in [5.41, 5.74) is 2.37. The highest BCUT2D eigenvalue weighted by atomic mass is 32.2. The molecular weight excluding hydrogens is 390 g/mol. The molecule has 2 heterocycles. The smallest absolute Gasteiger partial charge is 0.291 e. The normalized spacial score (nSPS) is 11.8. The van der Waals surface area contributed by atoms with Crippen LogP contribution in [-0.2, 0) is 16.4 Å². The lowest BCUT2D eigenvalue weighted by atomic mass is 10.2. The third-order valence-electron chi connectivity index (χ3n) is 4.27. The first-order valence-electron chi connectivity index (χ1n) is 9.05. The Morgan fingerprint density at radius 1 is 1.03 bits per heavy atom. The van der Waals surface area contributed by atoms with E-state index in [1.54, 1.807) is 51.1 Å². The molecule has 0 aliphatic rings. The molecular formula is C21H23N3O4S. The summed E-state index contributed by atoms with van der Waals surface area (Å²) >= 11 is 0. The van der Waals surface area contributed by atoms with Crippen LogP contribution in [0, 0.1) is 0 Å². The topological polar surface area (TPSA) is 101 Å². The molecule has 0 spiro atoms. The second kappa shape index (κ2) is 8.08. The molecule has 0 unspecified atom stereocenters. The molecule has 0 radical (unpaired) electrons. The molecule has 2 N–H and O–H groups in total. The number of anilines is 2. The molecule has 152 valence electrons. The molecule has 0 atom stereocenters. The van der Waals surface area contributed by atoms with Gasteiger partial charge in [-0.1, -0.05) is 12.1 Å². The number of nitrogens with zero attached hydrogens (tertiary/aromatic N) is 1. The van der Waals surface area contributed by atoms with Gasteiger partial charge in [-0.25, -0.2) is 13.4 Å². The average Bonchev–Trinajstić information content (AvgIpc) is 3.22. The summed E-state index contributed by atoms with van der Waals surface area (Å²) < 4.78 is 29.0. The zero-order valence-corrected chi connectivity index (χ0v) is 17.3. The predicted molar refractivity (Wildman–Crippen MR) is 112 cm³/mol. The number of carbonyl (C=O) groups excluding carboxylic acids is 1. The Morgan fingerprint density at radius 2 is 1.72 bits per heavy atom. The van der Waals surface area contributed by atoms with E-state index in [9.17, 15) is 13.2 Å². The molecule has 0 fully saturated rings. The second-order valence-corrected chi connectivity index (χ2v) is 10.1. The summed E-state index contributed by atoms with van der Waals surface area (Å²) in [7, 11) is -3.47. The zero-order valence-electron chi connectivity index (χ0n) is 16.5. The molecule has 2 aromatic heterocycles. The van der Waals surface area contributed by atoms with Gasteiger partial charge in [0.2, 0.25) is 0 Å². The van der Waals surface area contributed by atoms with Gasteiger partial charge in [-0.3, -0.25) is 4.79 Å². The van der Waals surface area contributed by atoms with Gasteiger partial charge in [0, 0.05) is 12.2 Å². The number of furan rings is 1. The number of aromatic nitrogens is 1. The molecule has 1 aromatic carbocycles. The first-order valence-corrected chi connectivity index (χ1v) is 10.5. The number of sulfone groups is 1. The van der Waals surface area contributed by atoms with Gasteiger partial charge in [0.15, 0.2) is 20.6 Å². The van der Waals surface area contributed by atoms with Gasteiger partial charge in [0.1, 0.15) is 0 Å². The van der Waals surface area contributed by atoms with Crippen molar-refractivity contribution in [2.45, 2.75) is 37.1 Å². The largest absolute Gasteiger partial charge is 0.459 e. The highest BCUT2D eigenvalue weighted by Crippen LogP contribution is 2.24. The van der Waals surface area contributed by atoms with E-state index in [1.165, 1.54) is 18.5 Å². The van der Waals surface area contributed by atoms with E-state index in [4.69, 9.17) is 4.42 Å². The Hall–Kier alpha value is -3.13. The summed E-state index contributed by atoms with van der Waals surface area (Å²) in [5.74, 6) is -0.0580. The quantitative estimate of drug-likeness (QED) is 0.631. The zero-order chi connectivity index (χ0) is 21.1. The summed E-state index contributed by atoms with van der Waals surface area (Å²) in [6.07, 6.45) is 2.96. The van der Waals surface area contributed by atoms with Crippen LogP contribution in [0.5, 0.6) is 0 Å². The molecule has 0 aliphatic heterocycles. The first kappa shape index (κ1) is 20.6. The average molecular weight is 413 g/mol. The van der Waals surface area contributed by atoms with Crippen LogP contribution in [0.3, 0.4) is 0 Å². The third-order valence-corrected chi connectivity index (χ3v) is 6.68. The number of benzene rings is 1. The monoisotopic (exact) mass is 413 g/mol. The first-order chi connectivity index (χ1) is 13.7. The molecule has 0 saturated carbocycles.